The quantitative estimate of drug-likeness (QED) is 0.853. The highest BCUT2D eigenvalue weighted by molar-refractivity contribution is 5.82. The number of hydrogen-bond acceptors (Lipinski definition) is 3. The molecule has 0 unspecified atom stereocenters. The van der Waals surface area contributed by atoms with E-state index in [1.54, 1.807) is 13.1 Å². The number of carbonyl (C=O) groups excluding carboxylic acids is 1. The molecule has 0 fully saturated rings. The Bertz CT molecular complexity index is 486. The summed E-state index contributed by atoms with van der Waals surface area (Å²) in [5.74, 6) is 0.000340. The lowest BCUT2D eigenvalue weighted by molar-refractivity contribution is -0.128. The molecule has 0 aliphatic rings. The van der Waals surface area contributed by atoms with Crippen molar-refractivity contribution in [3.63, 3.8) is 0 Å². The van der Waals surface area contributed by atoms with Crippen LogP contribution < -0.4 is 10.6 Å². The van der Waals surface area contributed by atoms with Gasteiger partial charge < -0.3 is 10.6 Å². The van der Waals surface area contributed by atoms with E-state index in [1.165, 1.54) is 0 Å². The number of anilines is 1. The highest BCUT2D eigenvalue weighted by atomic mass is 16.2. The molecule has 0 aliphatic heterocycles. The van der Waals surface area contributed by atoms with Gasteiger partial charge in [-0.3, -0.25) is 4.79 Å². The SMILES string of the molecule is CNC(=O)C(C)(C)CNc1ccc(C#N)c(C)c1. The van der Waals surface area contributed by atoms with Crippen molar-refractivity contribution >= 4 is 11.6 Å². The predicted molar refractivity (Wildman–Crippen MR) is 72.2 cm³/mol. The fourth-order valence-electron chi connectivity index (χ4n) is 1.64. The molecule has 2 N–H and O–H groups in total. The highest BCUT2D eigenvalue weighted by Gasteiger charge is 2.26. The maximum Gasteiger partial charge on any atom is 0.227 e. The standard InChI is InChI=1S/C14H19N3O/c1-10-7-12(6-5-11(10)8-15)17-9-14(2,3)13(18)16-4/h5-7,17H,9H2,1-4H3,(H,16,18). The van der Waals surface area contributed by atoms with Gasteiger partial charge in [0, 0.05) is 19.3 Å². The molecule has 0 spiro atoms. The fraction of sp³-hybridized carbons (Fsp3) is 0.429. The summed E-state index contributed by atoms with van der Waals surface area (Å²) in [5, 5.41) is 14.7. The summed E-state index contributed by atoms with van der Waals surface area (Å²) >= 11 is 0. The van der Waals surface area contributed by atoms with Gasteiger partial charge in [0.05, 0.1) is 17.0 Å². The summed E-state index contributed by atoms with van der Waals surface area (Å²) in [6.45, 7) is 6.20. The first-order valence-electron chi connectivity index (χ1n) is 5.87. The number of amides is 1. The maximum atomic E-state index is 11.6. The van der Waals surface area contributed by atoms with Gasteiger partial charge in [0.25, 0.3) is 0 Å². The molecule has 0 saturated heterocycles. The molecule has 0 radical (unpaired) electrons. The Morgan fingerprint density at radius 3 is 2.61 bits per heavy atom. The molecule has 18 heavy (non-hydrogen) atoms. The number of aryl methyl sites for hydroxylation is 1. The van der Waals surface area contributed by atoms with Crippen LogP contribution in [0.3, 0.4) is 0 Å². The van der Waals surface area contributed by atoms with Crippen LogP contribution in [0.15, 0.2) is 18.2 Å². The van der Waals surface area contributed by atoms with E-state index in [1.807, 2.05) is 32.9 Å². The van der Waals surface area contributed by atoms with Crippen LogP contribution in [0.2, 0.25) is 0 Å². The minimum absolute atomic E-state index is 0.000340. The summed E-state index contributed by atoms with van der Waals surface area (Å²) in [7, 11) is 1.63. The molecule has 0 heterocycles. The van der Waals surface area contributed by atoms with Crippen LogP contribution in [0.1, 0.15) is 25.0 Å². The minimum Gasteiger partial charge on any atom is -0.384 e. The Morgan fingerprint density at radius 1 is 1.44 bits per heavy atom. The number of benzene rings is 1. The molecular formula is C14H19N3O. The average Bonchev–Trinajstić information content (AvgIpc) is 2.35. The van der Waals surface area contributed by atoms with Gasteiger partial charge in [0.1, 0.15) is 0 Å². The lowest BCUT2D eigenvalue weighted by atomic mass is 9.92. The molecule has 1 aromatic carbocycles. The minimum atomic E-state index is -0.476. The monoisotopic (exact) mass is 245 g/mol. The zero-order valence-corrected chi connectivity index (χ0v) is 11.3. The molecule has 0 aliphatic carbocycles. The second kappa shape index (κ2) is 5.54. The van der Waals surface area contributed by atoms with Crippen LogP contribution in [0.25, 0.3) is 0 Å². The van der Waals surface area contributed by atoms with Crippen molar-refractivity contribution in [2.24, 2.45) is 5.41 Å². The van der Waals surface area contributed by atoms with Crippen LogP contribution in [0, 0.1) is 23.7 Å². The average molecular weight is 245 g/mol. The Morgan fingerprint density at radius 2 is 2.11 bits per heavy atom. The first-order chi connectivity index (χ1) is 8.40. The van der Waals surface area contributed by atoms with Gasteiger partial charge in [-0.2, -0.15) is 5.26 Å². The van der Waals surface area contributed by atoms with Crippen molar-refractivity contribution in [3.05, 3.63) is 29.3 Å². The smallest absolute Gasteiger partial charge is 0.227 e. The van der Waals surface area contributed by atoms with Crippen molar-refractivity contribution < 1.29 is 4.79 Å². The molecule has 0 atom stereocenters. The third-order valence-electron chi connectivity index (χ3n) is 2.92. The van der Waals surface area contributed by atoms with Crippen molar-refractivity contribution in [1.29, 1.82) is 5.26 Å². The molecule has 1 aromatic rings. The Balaban J connectivity index is 2.73. The van der Waals surface area contributed by atoms with Crippen LogP contribution in [0.4, 0.5) is 5.69 Å². The zero-order valence-electron chi connectivity index (χ0n) is 11.3. The second-order valence-electron chi connectivity index (χ2n) is 4.96. The largest absolute Gasteiger partial charge is 0.384 e. The summed E-state index contributed by atoms with van der Waals surface area (Å²) < 4.78 is 0. The summed E-state index contributed by atoms with van der Waals surface area (Å²) in [6.07, 6.45) is 0. The van der Waals surface area contributed by atoms with E-state index in [9.17, 15) is 4.79 Å². The number of nitrogens with zero attached hydrogens (tertiary/aromatic N) is 1. The van der Waals surface area contributed by atoms with E-state index in [0.29, 0.717) is 12.1 Å². The number of hydrogen-bond donors (Lipinski definition) is 2. The van der Waals surface area contributed by atoms with Crippen molar-refractivity contribution in [2.75, 3.05) is 18.9 Å². The topological polar surface area (TPSA) is 64.9 Å². The first kappa shape index (κ1) is 14.0. The van der Waals surface area contributed by atoms with Gasteiger partial charge in [-0.05, 0) is 44.5 Å². The van der Waals surface area contributed by atoms with E-state index in [4.69, 9.17) is 5.26 Å². The summed E-state index contributed by atoms with van der Waals surface area (Å²) in [5.41, 5.74) is 2.05. The van der Waals surface area contributed by atoms with E-state index >= 15 is 0 Å². The Kier molecular flexibility index (Phi) is 4.33. The highest BCUT2D eigenvalue weighted by Crippen LogP contribution is 2.19. The lowest BCUT2D eigenvalue weighted by Gasteiger charge is -2.23. The summed E-state index contributed by atoms with van der Waals surface area (Å²) in [6, 6.07) is 7.68. The second-order valence-corrected chi connectivity index (χ2v) is 4.96. The Labute approximate surface area is 108 Å². The molecule has 96 valence electrons. The van der Waals surface area contributed by atoms with Gasteiger partial charge in [-0.15, -0.1) is 0 Å². The molecular weight excluding hydrogens is 226 g/mol. The third kappa shape index (κ3) is 3.24. The predicted octanol–water partition coefficient (Wildman–Crippen LogP) is 2.05. The molecule has 4 heteroatoms. The number of rotatable bonds is 4. The zero-order chi connectivity index (χ0) is 13.8. The van der Waals surface area contributed by atoms with Crippen LogP contribution in [-0.2, 0) is 4.79 Å². The van der Waals surface area contributed by atoms with Gasteiger partial charge in [0.15, 0.2) is 0 Å². The fourth-order valence-corrected chi connectivity index (χ4v) is 1.64. The molecule has 0 bridgehead atoms. The lowest BCUT2D eigenvalue weighted by Crippen LogP contribution is -2.39. The van der Waals surface area contributed by atoms with Gasteiger partial charge in [0.2, 0.25) is 5.91 Å². The van der Waals surface area contributed by atoms with Crippen molar-refractivity contribution in [3.8, 4) is 6.07 Å². The van der Waals surface area contributed by atoms with E-state index in [0.717, 1.165) is 11.3 Å². The molecule has 1 rings (SSSR count). The van der Waals surface area contributed by atoms with E-state index in [2.05, 4.69) is 16.7 Å². The molecule has 0 aromatic heterocycles. The molecule has 4 nitrogen and oxygen atoms in total. The number of carbonyl (C=O) groups is 1. The van der Waals surface area contributed by atoms with Gasteiger partial charge >= 0.3 is 0 Å². The molecule has 1 amide bonds. The van der Waals surface area contributed by atoms with Crippen molar-refractivity contribution in [1.82, 2.24) is 5.32 Å². The van der Waals surface area contributed by atoms with Gasteiger partial charge in [-0.25, -0.2) is 0 Å². The third-order valence-corrected chi connectivity index (χ3v) is 2.92. The number of nitriles is 1. The molecule has 0 saturated carbocycles. The first-order valence-corrected chi connectivity index (χ1v) is 5.87. The number of nitrogens with one attached hydrogen (secondary N) is 2. The van der Waals surface area contributed by atoms with Crippen molar-refractivity contribution in [2.45, 2.75) is 20.8 Å². The maximum absolute atomic E-state index is 11.6. The van der Waals surface area contributed by atoms with E-state index in [-0.39, 0.29) is 5.91 Å². The van der Waals surface area contributed by atoms with Crippen LogP contribution >= 0.6 is 0 Å². The van der Waals surface area contributed by atoms with Crippen LogP contribution in [-0.4, -0.2) is 19.5 Å². The Hall–Kier alpha value is -2.02. The summed E-state index contributed by atoms with van der Waals surface area (Å²) in [4.78, 5) is 11.6. The van der Waals surface area contributed by atoms with E-state index < -0.39 is 5.41 Å². The van der Waals surface area contributed by atoms with Crippen LogP contribution in [0.5, 0.6) is 0 Å². The normalized spacial score (nSPS) is 10.6. The van der Waals surface area contributed by atoms with Gasteiger partial charge in [-0.1, -0.05) is 0 Å².